The van der Waals surface area contributed by atoms with E-state index in [1.54, 1.807) is 19.2 Å². The van der Waals surface area contributed by atoms with Crippen LogP contribution in [0.15, 0.2) is 18.2 Å². The fourth-order valence-electron chi connectivity index (χ4n) is 2.20. The minimum Gasteiger partial charge on any atom is -0.497 e. The fourth-order valence-corrected chi connectivity index (χ4v) is 2.20. The molecule has 0 amide bonds. The van der Waals surface area contributed by atoms with Crippen LogP contribution in [0.2, 0.25) is 0 Å². The van der Waals surface area contributed by atoms with E-state index >= 15 is 0 Å². The van der Waals surface area contributed by atoms with Gasteiger partial charge in [0.1, 0.15) is 5.75 Å². The maximum Gasteiger partial charge on any atom is 0.305 e. The summed E-state index contributed by atoms with van der Waals surface area (Å²) in [6.07, 6.45) is -1.01. The Bertz CT molecular complexity index is 459. The van der Waals surface area contributed by atoms with Gasteiger partial charge in [-0.3, -0.25) is 4.79 Å². The molecule has 0 radical (unpaired) electrons. The molecule has 112 valence electrons. The third-order valence-electron chi connectivity index (χ3n) is 3.12. The van der Waals surface area contributed by atoms with Crippen molar-refractivity contribution in [1.29, 1.82) is 0 Å². The number of nitrogens with one attached hydrogen (secondary N) is 1. The molecule has 5 nitrogen and oxygen atoms in total. The van der Waals surface area contributed by atoms with Crippen molar-refractivity contribution in [3.8, 4) is 5.75 Å². The van der Waals surface area contributed by atoms with E-state index in [1.165, 1.54) is 0 Å². The highest BCUT2D eigenvalue weighted by molar-refractivity contribution is 5.67. The van der Waals surface area contributed by atoms with Gasteiger partial charge in [0.25, 0.3) is 0 Å². The molecule has 0 aliphatic rings. The number of hydrogen-bond donors (Lipinski definition) is 3. The first-order valence-electron chi connectivity index (χ1n) is 6.65. The van der Waals surface area contributed by atoms with Crippen molar-refractivity contribution in [3.63, 3.8) is 0 Å². The number of carboxylic acid groups (broad SMARTS) is 1. The maximum absolute atomic E-state index is 10.9. The molecule has 0 heterocycles. The van der Waals surface area contributed by atoms with E-state index in [4.69, 9.17) is 9.84 Å². The molecule has 2 atom stereocenters. The first-order chi connectivity index (χ1) is 9.35. The number of ether oxygens (including phenoxy) is 1. The number of methoxy groups -OCH3 is 1. The Kier molecular flexibility index (Phi) is 5.98. The number of hydrogen-bond acceptors (Lipinski definition) is 4. The van der Waals surface area contributed by atoms with Crippen molar-refractivity contribution in [2.45, 2.75) is 45.4 Å². The Morgan fingerprint density at radius 1 is 1.40 bits per heavy atom. The van der Waals surface area contributed by atoms with Crippen molar-refractivity contribution < 1.29 is 19.7 Å². The molecule has 0 aromatic heterocycles. The first-order valence-corrected chi connectivity index (χ1v) is 6.65. The van der Waals surface area contributed by atoms with Crippen LogP contribution < -0.4 is 10.1 Å². The average molecular weight is 281 g/mol. The van der Waals surface area contributed by atoms with Gasteiger partial charge in [-0.15, -0.1) is 0 Å². The number of aliphatic carboxylic acids is 1. The summed E-state index contributed by atoms with van der Waals surface area (Å²) in [6, 6.07) is 4.92. The number of carboxylic acids is 1. The van der Waals surface area contributed by atoms with Crippen LogP contribution in [0.25, 0.3) is 0 Å². The summed E-state index contributed by atoms with van der Waals surface area (Å²) in [6.45, 7) is 5.71. The number of aliphatic hydroxyl groups excluding tert-OH is 1. The molecule has 1 aromatic carbocycles. The van der Waals surface area contributed by atoms with E-state index in [0.717, 1.165) is 5.56 Å². The van der Waals surface area contributed by atoms with E-state index in [2.05, 4.69) is 5.32 Å². The van der Waals surface area contributed by atoms with Gasteiger partial charge in [0.2, 0.25) is 0 Å². The average Bonchev–Trinajstić information content (AvgIpc) is 2.35. The van der Waals surface area contributed by atoms with E-state index in [1.807, 2.05) is 26.8 Å². The SMILES string of the molecule is COc1ccc(C(O)C(CC(=O)O)NC(C)C)c(C)c1. The van der Waals surface area contributed by atoms with Gasteiger partial charge in [0.15, 0.2) is 0 Å². The smallest absolute Gasteiger partial charge is 0.305 e. The highest BCUT2D eigenvalue weighted by Crippen LogP contribution is 2.26. The summed E-state index contributed by atoms with van der Waals surface area (Å²) in [4.78, 5) is 10.9. The predicted octanol–water partition coefficient (Wildman–Crippen LogP) is 1.88. The lowest BCUT2D eigenvalue weighted by Crippen LogP contribution is -2.41. The quantitative estimate of drug-likeness (QED) is 0.711. The third kappa shape index (κ3) is 4.51. The number of carbonyl (C=O) groups is 1. The van der Waals surface area contributed by atoms with Crippen LogP contribution in [0.3, 0.4) is 0 Å². The summed E-state index contributed by atoms with van der Waals surface area (Å²) in [5.74, 6) is -0.224. The maximum atomic E-state index is 10.9. The molecule has 1 rings (SSSR count). The molecule has 0 aliphatic carbocycles. The summed E-state index contributed by atoms with van der Waals surface area (Å²) in [7, 11) is 1.58. The molecule has 0 saturated heterocycles. The van der Waals surface area contributed by atoms with Gasteiger partial charge in [-0.05, 0) is 30.2 Å². The van der Waals surface area contributed by atoms with E-state index in [-0.39, 0.29) is 12.5 Å². The van der Waals surface area contributed by atoms with Crippen molar-refractivity contribution in [3.05, 3.63) is 29.3 Å². The summed E-state index contributed by atoms with van der Waals surface area (Å²) in [5.41, 5.74) is 1.59. The second kappa shape index (κ2) is 7.26. The van der Waals surface area contributed by atoms with Gasteiger partial charge in [-0.25, -0.2) is 0 Å². The molecule has 1 aromatic rings. The first kappa shape index (κ1) is 16.5. The monoisotopic (exact) mass is 281 g/mol. The Balaban J connectivity index is 2.98. The standard InChI is InChI=1S/C15H23NO4/c1-9(2)16-13(8-14(17)18)15(19)12-6-5-11(20-4)7-10(12)3/h5-7,9,13,15-16,19H,8H2,1-4H3,(H,17,18). The molecule has 0 bridgehead atoms. The highest BCUT2D eigenvalue weighted by Gasteiger charge is 2.25. The minimum absolute atomic E-state index is 0.0903. The number of aliphatic hydroxyl groups is 1. The normalized spacial score (nSPS) is 14.1. The van der Waals surface area contributed by atoms with Crippen molar-refractivity contribution in [1.82, 2.24) is 5.32 Å². The zero-order valence-corrected chi connectivity index (χ0v) is 12.4. The van der Waals surface area contributed by atoms with Crippen molar-refractivity contribution in [2.75, 3.05) is 7.11 Å². The zero-order valence-electron chi connectivity index (χ0n) is 12.4. The molecule has 3 N–H and O–H groups in total. The molecular weight excluding hydrogens is 258 g/mol. The van der Waals surface area contributed by atoms with Crippen LogP contribution >= 0.6 is 0 Å². The zero-order chi connectivity index (χ0) is 15.3. The number of aryl methyl sites for hydroxylation is 1. The van der Waals surface area contributed by atoms with Gasteiger partial charge in [-0.1, -0.05) is 19.9 Å². The summed E-state index contributed by atoms with van der Waals surface area (Å²) in [5, 5.41) is 22.5. The Hall–Kier alpha value is -1.59. The van der Waals surface area contributed by atoms with Crippen LogP contribution in [0.4, 0.5) is 0 Å². The number of rotatable bonds is 7. The second-order valence-electron chi connectivity index (χ2n) is 5.19. The third-order valence-corrected chi connectivity index (χ3v) is 3.12. The largest absolute Gasteiger partial charge is 0.497 e. The summed E-state index contributed by atoms with van der Waals surface area (Å²) < 4.78 is 5.13. The van der Waals surface area contributed by atoms with Gasteiger partial charge in [0, 0.05) is 12.1 Å². The van der Waals surface area contributed by atoms with E-state index in [0.29, 0.717) is 11.3 Å². The molecular formula is C15H23NO4. The molecule has 0 aliphatic heterocycles. The predicted molar refractivity (Wildman–Crippen MR) is 77.0 cm³/mol. The lowest BCUT2D eigenvalue weighted by Gasteiger charge is -2.26. The lowest BCUT2D eigenvalue weighted by molar-refractivity contribution is -0.138. The number of benzene rings is 1. The molecule has 0 fully saturated rings. The van der Waals surface area contributed by atoms with Crippen LogP contribution in [0.1, 0.15) is 37.5 Å². The Labute approximate surface area is 119 Å². The Morgan fingerprint density at radius 2 is 2.05 bits per heavy atom. The van der Waals surface area contributed by atoms with Crippen molar-refractivity contribution >= 4 is 5.97 Å². The Morgan fingerprint density at radius 3 is 2.50 bits per heavy atom. The molecule has 20 heavy (non-hydrogen) atoms. The minimum atomic E-state index is -0.937. The fraction of sp³-hybridized carbons (Fsp3) is 0.533. The van der Waals surface area contributed by atoms with Gasteiger partial charge < -0.3 is 20.3 Å². The molecule has 5 heteroatoms. The van der Waals surface area contributed by atoms with Crippen LogP contribution in [0.5, 0.6) is 5.75 Å². The van der Waals surface area contributed by atoms with Crippen LogP contribution in [0, 0.1) is 6.92 Å². The second-order valence-corrected chi connectivity index (χ2v) is 5.19. The van der Waals surface area contributed by atoms with Crippen LogP contribution in [-0.2, 0) is 4.79 Å². The molecule has 0 saturated carbocycles. The topological polar surface area (TPSA) is 78.8 Å². The van der Waals surface area contributed by atoms with E-state index in [9.17, 15) is 9.90 Å². The van der Waals surface area contributed by atoms with Gasteiger partial charge in [0.05, 0.1) is 19.6 Å². The summed E-state index contributed by atoms with van der Waals surface area (Å²) >= 11 is 0. The van der Waals surface area contributed by atoms with Crippen LogP contribution in [-0.4, -0.2) is 35.4 Å². The highest BCUT2D eigenvalue weighted by atomic mass is 16.5. The van der Waals surface area contributed by atoms with Gasteiger partial charge in [-0.2, -0.15) is 0 Å². The lowest BCUT2D eigenvalue weighted by atomic mass is 9.95. The van der Waals surface area contributed by atoms with E-state index < -0.39 is 18.1 Å². The van der Waals surface area contributed by atoms with Gasteiger partial charge >= 0.3 is 5.97 Å². The molecule has 0 spiro atoms. The molecule has 2 unspecified atom stereocenters. The van der Waals surface area contributed by atoms with Crippen molar-refractivity contribution in [2.24, 2.45) is 0 Å².